The summed E-state index contributed by atoms with van der Waals surface area (Å²) in [6.45, 7) is 0.916. The van der Waals surface area contributed by atoms with E-state index in [4.69, 9.17) is 0 Å². The fourth-order valence-corrected chi connectivity index (χ4v) is 4.16. The number of nitro groups is 1. The molecule has 7 heteroatoms. The van der Waals surface area contributed by atoms with Crippen LogP contribution >= 0.6 is 0 Å². The number of fused-ring (bicyclic) bond motifs is 2. The second kappa shape index (κ2) is 6.11. The molecule has 2 aromatic rings. The molecule has 2 aromatic carbocycles. The normalized spacial score (nSPS) is 18.0. The lowest BCUT2D eigenvalue weighted by Gasteiger charge is -2.41. The van der Waals surface area contributed by atoms with E-state index >= 15 is 0 Å². The Bertz CT molecular complexity index is 929. The van der Waals surface area contributed by atoms with Crippen molar-refractivity contribution in [3.8, 4) is 0 Å². The van der Waals surface area contributed by atoms with Crippen LogP contribution in [0.15, 0.2) is 48.5 Å². The van der Waals surface area contributed by atoms with Crippen molar-refractivity contribution in [1.82, 2.24) is 0 Å². The van der Waals surface area contributed by atoms with Gasteiger partial charge in [-0.15, -0.1) is 0 Å². The van der Waals surface area contributed by atoms with E-state index < -0.39 is 22.4 Å². The van der Waals surface area contributed by atoms with E-state index in [-0.39, 0.29) is 11.1 Å². The Morgan fingerprint density at radius 2 is 1.78 bits per heavy atom. The Morgan fingerprint density at radius 1 is 1.07 bits per heavy atom. The van der Waals surface area contributed by atoms with Crippen LogP contribution in [0.3, 0.4) is 0 Å². The second-order valence-corrected chi connectivity index (χ2v) is 7.02. The molecule has 0 atom stereocenters. The molecule has 0 radical (unpaired) electrons. The number of hydrogen-bond acceptors (Lipinski definition) is 3. The van der Waals surface area contributed by atoms with E-state index in [2.05, 4.69) is 18.2 Å². The summed E-state index contributed by atoms with van der Waals surface area (Å²) in [5.74, 6) is 0. The van der Waals surface area contributed by atoms with Crippen molar-refractivity contribution in [2.24, 2.45) is 0 Å². The number of non-ortho nitro benzene ring substituents is 1. The van der Waals surface area contributed by atoms with E-state index in [1.54, 1.807) is 4.90 Å². The number of allylic oxidation sites excluding steroid dienone is 1. The molecule has 4 rings (SSSR count). The number of nitrogens with zero attached hydrogens (tertiary/aromatic N) is 2. The number of halogens is 3. The third kappa shape index (κ3) is 2.97. The number of benzene rings is 2. The molecular weight excluding hydrogens is 357 g/mol. The molecule has 0 unspecified atom stereocenters. The number of piperidine rings is 1. The highest BCUT2D eigenvalue weighted by Gasteiger charge is 2.41. The molecule has 140 valence electrons. The standard InChI is InChI=1S/C20H17F3N2O2/c21-20(22,23)17-13-15(25(26)27)5-6-18(17)24-11-9-19(10-12-24)8-7-14-3-1-2-4-16(14)19/h1-8,13H,9-12H2. The highest BCUT2D eigenvalue weighted by atomic mass is 19.4. The van der Waals surface area contributed by atoms with Crippen molar-refractivity contribution >= 4 is 17.5 Å². The van der Waals surface area contributed by atoms with Gasteiger partial charge in [0.2, 0.25) is 0 Å². The van der Waals surface area contributed by atoms with Gasteiger partial charge in [-0.1, -0.05) is 36.4 Å². The van der Waals surface area contributed by atoms with Crippen LogP contribution in [0.5, 0.6) is 0 Å². The maximum Gasteiger partial charge on any atom is 0.418 e. The van der Waals surface area contributed by atoms with Crippen LogP contribution in [-0.2, 0) is 11.6 Å². The van der Waals surface area contributed by atoms with Crippen LogP contribution in [0.1, 0.15) is 29.5 Å². The average Bonchev–Trinajstić information content (AvgIpc) is 3.00. The van der Waals surface area contributed by atoms with E-state index in [1.807, 2.05) is 18.2 Å². The molecule has 1 aliphatic carbocycles. The van der Waals surface area contributed by atoms with Crippen molar-refractivity contribution < 1.29 is 18.1 Å². The van der Waals surface area contributed by atoms with E-state index in [9.17, 15) is 23.3 Å². The first-order chi connectivity index (χ1) is 12.8. The molecule has 4 nitrogen and oxygen atoms in total. The maximum atomic E-state index is 13.5. The van der Waals surface area contributed by atoms with Gasteiger partial charge in [-0.2, -0.15) is 13.2 Å². The number of nitro benzene ring substituents is 1. The van der Waals surface area contributed by atoms with E-state index in [0.717, 1.165) is 11.6 Å². The van der Waals surface area contributed by atoms with Gasteiger partial charge in [0.25, 0.3) is 5.69 Å². The lowest BCUT2D eigenvalue weighted by molar-refractivity contribution is -0.385. The first-order valence-electron chi connectivity index (χ1n) is 8.69. The highest BCUT2D eigenvalue weighted by Crippen LogP contribution is 2.46. The summed E-state index contributed by atoms with van der Waals surface area (Å²) in [4.78, 5) is 11.8. The molecule has 1 heterocycles. The van der Waals surface area contributed by atoms with Gasteiger partial charge in [0.05, 0.1) is 10.5 Å². The largest absolute Gasteiger partial charge is 0.418 e. The van der Waals surface area contributed by atoms with Gasteiger partial charge in [-0.25, -0.2) is 0 Å². The summed E-state index contributed by atoms with van der Waals surface area (Å²) in [7, 11) is 0. The Hall–Kier alpha value is -2.83. The summed E-state index contributed by atoms with van der Waals surface area (Å²) in [6, 6.07) is 11.1. The minimum Gasteiger partial charge on any atom is -0.371 e. The number of hydrogen-bond donors (Lipinski definition) is 0. The van der Waals surface area contributed by atoms with Gasteiger partial charge in [0.15, 0.2) is 0 Å². The quantitative estimate of drug-likeness (QED) is 0.538. The lowest BCUT2D eigenvalue weighted by atomic mass is 9.74. The molecule has 1 fully saturated rings. The van der Waals surface area contributed by atoms with Gasteiger partial charge < -0.3 is 4.90 Å². The molecule has 0 bridgehead atoms. The van der Waals surface area contributed by atoms with E-state index in [1.165, 1.54) is 11.6 Å². The van der Waals surface area contributed by atoms with Gasteiger partial charge >= 0.3 is 6.18 Å². The minimum atomic E-state index is -4.64. The molecular formula is C20H17F3N2O2. The van der Waals surface area contributed by atoms with Gasteiger partial charge in [0, 0.05) is 36.3 Å². The Labute approximate surface area is 154 Å². The number of rotatable bonds is 2. The van der Waals surface area contributed by atoms with Crippen LogP contribution in [0.2, 0.25) is 0 Å². The van der Waals surface area contributed by atoms with Crippen molar-refractivity contribution in [2.75, 3.05) is 18.0 Å². The summed E-state index contributed by atoms with van der Waals surface area (Å²) >= 11 is 0. The molecule has 0 N–H and O–H groups in total. The molecule has 0 saturated carbocycles. The third-order valence-corrected chi connectivity index (χ3v) is 5.57. The smallest absolute Gasteiger partial charge is 0.371 e. The fraction of sp³-hybridized carbons (Fsp3) is 0.300. The average molecular weight is 374 g/mol. The van der Waals surface area contributed by atoms with Gasteiger partial charge in [0.1, 0.15) is 0 Å². The van der Waals surface area contributed by atoms with Crippen molar-refractivity contribution in [3.05, 3.63) is 75.3 Å². The van der Waals surface area contributed by atoms with Crippen molar-refractivity contribution in [1.29, 1.82) is 0 Å². The molecule has 2 aliphatic rings. The predicted octanol–water partition coefficient (Wildman–Crippen LogP) is 5.18. The Morgan fingerprint density at radius 3 is 2.44 bits per heavy atom. The van der Waals surface area contributed by atoms with Crippen molar-refractivity contribution in [2.45, 2.75) is 24.4 Å². The zero-order chi connectivity index (χ0) is 19.2. The SMILES string of the molecule is O=[N+]([O-])c1ccc(N2CCC3(C=Cc4ccccc43)CC2)c(C(F)(F)F)c1. The topological polar surface area (TPSA) is 46.4 Å². The molecule has 0 aromatic heterocycles. The predicted molar refractivity (Wildman–Crippen MR) is 96.7 cm³/mol. The first kappa shape index (κ1) is 17.6. The van der Waals surface area contributed by atoms with E-state index in [0.29, 0.717) is 32.0 Å². The molecule has 27 heavy (non-hydrogen) atoms. The van der Waals surface area contributed by atoms with Crippen LogP contribution in [0.25, 0.3) is 6.08 Å². The molecule has 1 saturated heterocycles. The lowest BCUT2D eigenvalue weighted by Crippen LogP contribution is -2.41. The first-order valence-corrected chi connectivity index (χ1v) is 8.69. The summed E-state index contributed by atoms with van der Waals surface area (Å²) < 4.78 is 40.4. The number of alkyl halides is 3. The van der Waals surface area contributed by atoms with Gasteiger partial charge in [-0.05, 0) is 30.0 Å². The Balaban J connectivity index is 1.62. The summed E-state index contributed by atoms with van der Waals surface area (Å²) in [6.07, 6.45) is 1.01. The minimum absolute atomic E-state index is 0.0122. The van der Waals surface area contributed by atoms with Crippen LogP contribution in [0.4, 0.5) is 24.5 Å². The summed E-state index contributed by atoms with van der Waals surface area (Å²) in [5.41, 5.74) is 0.772. The van der Waals surface area contributed by atoms with Crippen molar-refractivity contribution in [3.63, 3.8) is 0 Å². The zero-order valence-corrected chi connectivity index (χ0v) is 14.4. The third-order valence-electron chi connectivity index (χ3n) is 5.57. The molecule has 1 aliphatic heterocycles. The number of anilines is 1. The van der Waals surface area contributed by atoms with Crippen LogP contribution in [0, 0.1) is 10.1 Å². The maximum absolute atomic E-state index is 13.5. The summed E-state index contributed by atoms with van der Waals surface area (Å²) in [5, 5.41) is 10.9. The van der Waals surface area contributed by atoms with Crippen LogP contribution < -0.4 is 4.90 Å². The monoisotopic (exact) mass is 374 g/mol. The zero-order valence-electron chi connectivity index (χ0n) is 14.4. The fourth-order valence-electron chi connectivity index (χ4n) is 4.16. The second-order valence-electron chi connectivity index (χ2n) is 7.02. The Kier molecular flexibility index (Phi) is 3.98. The molecule has 1 spiro atoms. The van der Waals surface area contributed by atoms with Crippen LogP contribution in [-0.4, -0.2) is 18.0 Å². The highest BCUT2D eigenvalue weighted by molar-refractivity contribution is 5.66. The molecule has 0 amide bonds. The van der Waals surface area contributed by atoms with Gasteiger partial charge in [-0.3, -0.25) is 10.1 Å².